The van der Waals surface area contributed by atoms with Gasteiger partial charge in [0.25, 0.3) is 5.91 Å². The Balaban J connectivity index is 1.28. The Kier molecular flexibility index (Phi) is 6.47. The van der Waals surface area contributed by atoms with Crippen molar-refractivity contribution in [2.24, 2.45) is 5.92 Å². The Labute approximate surface area is 199 Å². The van der Waals surface area contributed by atoms with Crippen molar-refractivity contribution in [1.29, 1.82) is 0 Å². The molecule has 2 bridgehead atoms. The minimum absolute atomic E-state index is 0.0345. The Morgan fingerprint density at radius 2 is 1.91 bits per heavy atom. The second-order valence-corrected chi connectivity index (χ2v) is 11.0. The first-order valence-electron chi connectivity index (χ1n) is 12.3. The standard InChI is InChI=1S/C25H32N4O3S/c30-23(27-22-8-5-13-26-28-22)18-29-14-9-19(10-15-29)20(17-29)32-24(31)25(21-7-6-16-33-21)11-3-1-2-4-12-25/h5-8,13,16,19-20H,1-4,9-12,14-15,17-18H2/p+1. The number of aromatic nitrogens is 2. The number of fused-ring (bicyclic) bond motifs is 3. The van der Waals surface area contributed by atoms with Crippen LogP contribution in [0.25, 0.3) is 0 Å². The van der Waals surface area contributed by atoms with Gasteiger partial charge >= 0.3 is 5.97 Å². The van der Waals surface area contributed by atoms with E-state index in [4.69, 9.17) is 4.74 Å². The van der Waals surface area contributed by atoms with Gasteiger partial charge in [-0.3, -0.25) is 9.59 Å². The molecule has 1 aliphatic carbocycles. The number of hydrogen-bond donors (Lipinski definition) is 1. The van der Waals surface area contributed by atoms with E-state index in [-0.39, 0.29) is 18.0 Å². The minimum Gasteiger partial charge on any atom is -0.455 e. The molecule has 2 aromatic heterocycles. The first kappa shape index (κ1) is 22.5. The zero-order valence-corrected chi connectivity index (χ0v) is 19.9. The van der Waals surface area contributed by atoms with Crippen LogP contribution in [0.3, 0.4) is 0 Å². The summed E-state index contributed by atoms with van der Waals surface area (Å²) in [6.45, 7) is 3.03. The molecule has 6 rings (SSSR count). The Morgan fingerprint density at radius 3 is 2.58 bits per heavy atom. The lowest BCUT2D eigenvalue weighted by molar-refractivity contribution is -0.939. The topological polar surface area (TPSA) is 81.2 Å². The summed E-state index contributed by atoms with van der Waals surface area (Å²) in [4.78, 5) is 27.7. The normalized spacial score (nSPS) is 28.6. The fraction of sp³-hybridized carbons (Fsp3) is 0.600. The van der Waals surface area contributed by atoms with E-state index in [1.807, 2.05) is 6.07 Å². The molecule has 33 heavy (non-hydrogen) atoms. The number of hydrogen-bond acceptors (Lipinski definition) is 6. The van der Waals surface area contributed by atoms with E-state index in [1.165, 1.54) is 12.8 Å². The average molecular weight is 470 g/mol. The van der Waals surface area contributed by atoms with Crippen LogP contribution in [0.2, 0.25) is 0 Å². The number of thiophene rings is 1. The fourth-order valence-electron chi connectivity index (χ4n) is 6.12. The van der Waals surface area contributed by atoms with Gasteiger partial charge < -0.3 is 14.5 Å². The molecule has 0 aromatic carbocycles. The highest BCUT2D eigenvalue weighted by molar-refractivity contribution is 7.10. The van der Waals surface area contributed by atoms with Crippen LogP contribution in [0.5, 0.6) is 0 Å². The number of carbonyl (C=O) groups is 2. The molecule has 3 saturated heterocycles. The number of anilines is 1. The third-order valence-corrected chi connectivity index (χ3v) is 9.03. The largest absolute Gasteiger partial charge is 0.455 e. The number of amides is 1. The second kappa shape index (κ2) is 9.50. The molecule has 0 radical (unpaired) electrons. The first-order chi connectivity index (χ1) is 16.1. The highest BCUT2D eigenvalue weighted by Crippen LogP contribution is 2.43. The van der Waals surface area contributed by atoms with Gasteiger partial charge in [0.15, 0.2) is 18.5 Å². The van der Waals surface area contributed by atoms with Crippen molar-refractivity contribution in [1.82, 2.24) is 10.2 Å². The highest BCUT2D eigenvalue weighted by Gasteiger charge is 2.51. The molecule has 1 atom stereocenters. The molecule has 2 aromatic rings. The molecule has 5 heterocycles. The molecule has 3 aliphatic heterocycles. The molecular weight excluding hydrogens is 436 g/mol. The van der Waals surface area contributed by atoms with Crippen molar-refractivity contribution < 1.29 is 18.8 Å². The molecule has 1 amide bonds. The van der Waals surface area contributed by atoms with E-state index in [0.717, 1.165) is 63.0 Å². The Hall–Kier alpha value is -2.32. The van der Waals surface area contributed by atoms with Gasteiger partial charge in [-0.15, -0.1) is 16.4 Å². The third-order valence-electron chi connectivity index (χ3n) is 7.96. The van der Waals surface area contributed by atoms with E-state index in [2.05, 4.69) is 27.0 Å². The van der Waals surface area contributed by atoms with Crippen LogP contribution >= 0.6 is 11.3 Å². The summed E-state index contributed by atoms with van der Waals surface area (Å²) in [7, 11) is 0. The Morgan fingerprint density at radius 1 is 1.12 bits per heavy atom. The van der Waals surface area contributed by atoms with Crippen LogP contribution in [0.1, 0.15) is 56.2 Å². The van der Waals surface area contributed by atoms with Gasteiger partial charge in [0, 0.05) is 29.8 Å². The van der Waals surface area contributed by atoms with Crippen LogP contribution in [-0.2, 0) is 19.7 Å². The monoisotopic (exact) mass is 469 g/mol. The summed E-state index contributed by atoms with van der Waals surface area (Å²) in [5.74, 6) is 0.789. The molecule has 176 valence electrons. The van der Waals surface area contributed by atoms with E-state index in [1.54, 1.807) is 29.7 Å². The molecule has 1 unspecified atom stereocenters. The molecule has 7 nitrogen and oxygen atoms in total. The second-order valence-electron chi connectivity index (χ2n) is 10.0. The van der Waals surface area contributed by atoms with Gasteiger partial charge in [-0.25, -0.2) is 0 Å². The summed E-state index contributed by atoms with van der Waals surface area (Å²) in [6.07, 6.45) is 9.76. The number of nitrogens with zero attached hydrogens (tertiary/aromatic N) is 3. The predicted octanol–water partition coefficient (Wildman–Crippen LogP) is 3.92. The van der Waals surface area contributed by atoms with Gasteiger partial charge in [-0.1, -0.05) is 31.7 Å². The van der Waals surface area contributed by atoms with E-state index in [9.17, 15) is 9.59 Å². The van der Waals surface area contributed by atoms with Crippen molar-refractivity contribution >= 4 is 29.0 Å². The maximum atomic E-state index is 13.8. The molecule has 4 aliphatic rings. The maximum absolute atomic E-state index is 13.8. The maximum Gasteiger partial charge on any atom is 0.317 e. The van der Waals surface area contributed by atoms with Crippen molar-refractivity contribution in [2.75, 3.05) is 31.5 Å². The smallest absolute Gasteiger partial charge is 0.317 e. The highest BCUT2D eigenvalue weighted by atomic mass is 32.1. The number of rotatable bonds is 6. The summed E-state index contributed by atoms with van der Waals surface area (Å²) < 4.78 is 7.06. The SMILES string of the molecule is O=C(C[N+]12CCC(CC1)C(OC(=O)C1(c3cccs3)CCCCCC1)C2)Nc1cccnn1. The zero-order chi connectivity index (χ0) is 22.7. The summed E-state index contributed by atoms with van der Waals surface area (Å²) in [5.41, 5.74) is -0.495. The fourth-order valence-corrected chi connectivity index (χ4v) is 7.09. The number of piperidine rings is 3. The van der Waals surface area contributed by atoms with Gasteiger partial charge in [0.1, 0.15) is 12.0 Å². The van der Waals surface area contributed by atoms with Gasteiger partial charge in [0.05, 0.1) is 13.1 Å². The van der Waals surface area contributed by atoms with Crippen LogP contribution in [0, 0.1) is 5.92 Å². The molecule has 0 spiro atoms. The summed E-state index contributed by atoms with van der Waals surface area (Å²) >= 11 is 1.68. The van der Waals surface area contributed by atoms with Gasteiger partial charge in [-0.05, 0) is 36.4 Å². The number of quaternary nitrogens is 1. The van der Waals surface area contributed by atoms with Gasteiger partial charge in [-0.2, -0.15) is 5.10 Å². The molecular formula is C25H33N4O3S+. The number of esters is 1. The van der Waals surface area contributed by atoms with Crippen LogP contribution in [0.4, 0.5) is 5.82 Å². The lowest BCUT2D eigenvalue weighted by atomic mass is 9.78. The van der Waals surface area contributed by atoms with Crippen molar-refractivity contribution in [3.05, 3.63) is 40.7 Å². The zero-order valence-electron chi connectivity index (χ0n) is 19.1. The number of ether oxygens (including phenoxy) is 1. The van der Waals surface area contributed by atoms with E-state index in [0.29, 0.717) is 22.8 Å². The predicted molar refractivity (Wildman–Crippen MR) is 127 cm³/mol. The van der Waals surface area contributed by atoms with Crippen LogP contribution < -0.4 is 5.32 Å². The van der Waals surface area contributed by atoms with Crippen molar-refractivity contribution in [3.8, 4) is 0 Å². The number of nitrogens with one attached hydrogen (secondary N) is 1. The quantitative estimate of drug-likeness (QED) is 0.394. The van der Waals surface area contributed by atoms with E-state index >= 15 is 0 Å². The molecule has 1 N–H and O–H groups in total. The minimum atomic E-state index is -0.495. The summed E-state index contributed by atoms with van der Waals surface area (Å²) in [5, 5.41) is 12.7. The molecule has 8 heteroatoms. The van der Waals surface area contributed by atoms with Crippen molar-refractivity contribution in [3.63, 3.8) is 0 Å². The lowest BCUT2D eigenvalue weighted by Crippen LogP contribution is -2.66. The van der Waals surface area contributed by atoms with Crippen LogP contribution in [-0.4, -0.2) is 58.8 Å². The van der Waals surface area contributed by atoms with E-state index < -0.39 is 5.41 Å². The van der Waals surface area contributed by atoms with Gasteiger partial charge in [0.2, 0.25) is 0 Å². The number of carbonyl (C=O) groups excluding carboxylic acids is 2. The average Bonchev–Trinajstić information content (AvgIpc) is 3.25. The molecule has 1 saturated carbocycles. The summed E-state index contributed by atoms with van der Waals surface area (Å²) in [6, 6.07) is 7.66. The molecule has 4 fully saturated rings. The lowest BCUT2D eigenvalue weighted by Gasteiger charge is -2.52. The first-order valence-corrected chi connectivity index (χ1v) is 13.1. The Bertz CT molecular complexity index is 949. The van der Waals surface area contributed by atoms with Crippen molar-refractivity contribution in [2.45, 2.75) is 62.9 Å². The third kappa shape index (κ3) is 4.68. The van der Waals surface area contributed by atoms with Crippen LogP contribution in [0.15, 0.2) is 35.8 Å².